The number of aryl methyl sites for hydroxylation is 1. The summed E-state index contributed by atoms with van der Waals surface area (Å²) in [5.74, 6) is -0.205. The van der Waals surface area contributed by atoms with E-state index in [4.69, 9.17) is 0 Å². The zero-order valence-electron chi connectivity index (χ0n) is 9.35. The summed E-state index contributed by atoms with van der Waals surface area (Å²) in [4.78, 5) is 11.9. The van der Waals surface area contributed by atoms with Crippen LogP contribution < -0.4 is 5.32 Å². The molecule has 0 aliphatic heterocycles. The molecule has 88 valence electrons. The summed E-state index contributed by atoms with van der Waals surface area (Å²) in [7, 11) is 0. The Balaban J connectivity index is 2.14. The number of carbonyl (C=O) groups excluding carboxylic acids is 1. The number of hydrogen-bond donors (Lipinski definition) is 1. The average molecular weight is 294 g/mol. The lowest BCUT2D eigenvalue weighted by atomic mass is 10.3. The highest BCUT2D eigenvalue weighted by Gasteiger charge is 2.10. The normalized spacial score (nSPS) is 10.2. The molecule has 1 amide bonds. The molecule has 1 aromatic carbocycles. The van der Waals surface area contributed by atoms with E-state index >= 15 is 0 Å². The molecule has 17 heavy (non-hydrogen) atoms. The van der Waals surface area contributed by atoms with E-state index in [1.165, 1.54) is 0 Å². The summed E-state index contributed by atoms with van der Waals surface area (Å²) in [5.41, 5.74) is 1.16. The molecule has 0 aliphatic carbocycles. The summed E-state index contributed by atoms with van der Waals surface area (Å²) in [6, 6.07) is 9.17. The summed E-state index contributed by atoms with van der Waals surface area (Å²) in [5, 5.41) is 6.95. The molecule has 0 saturated carbocycles. The molecule has 0 atom stereocenters. The zero-order chi connectivity index (χ0) is 12.3. The number of nitrogens with one attached hydrogen (secondary N) is 1. The number of benzene rings is 1. The van der Waals surface area contributed by atoms with Crippen LogP contribution in [0.2, 0.25) is 0 Å². The predicted molar refractivity (Wildman–Crippen MR) is 70.0 cm³/mol. The van der Waals surface area contributed by atoms with Crippen LogP contribution in [0.4, 0.5) is 5.69 Å². The quantitative estimate of drug-likeness (QED) is 0.946. The molecule has 0 unspecified atom stereocenters. The van der Waals surface area contributed by atoms with Crippen LogP contribution >= 0.6 is 15.9 Å². The molecule has 1 heterocycles. The minimum atomic E-state index is -0.205. The van der Waals surface area contributed by atoms with Crippen molar-refractivity contribution in [3.8, 4) is 0 Å². The number of aromatic nitrogens is 2. The number of hydrogen-bond acceptors (Lipinski definition) is 2. The Hall–Kier alpha value is -1.62. The van der Waals surface area contributed by atoms with Gasteiger partial charge in [-0.25, -0.2) is 0 Å². The Bertz CT molecular complexity index is 536. The molecule has 0 saturated heterocycles. The van der Waals surface area contributed by atoms with Gasteiger partial charge in [-0.15, -0.1) is 0 Å². The first kappa shape index (κ1) is 11.9. The number of para-hydroxylation sites is 1. The smallest absolute Gasteiger partial charge is 0.276 e. The molecule has 0 aliphatic rings. The first-order valence-electron chi connectivity index (χ1n) is 5.30. The van der Waals surface area contributed by atoms with E-state index < -0.39 is 0 Å². The van der Waals surface area contributed by atoms with Crippen LogP contribution in [0.3, 0.4) is 0 Å². The second-order valence-electron chi connectivity index (χ2n) is 3.49. The zero-order valence-corrected chi connectivity index (χ0v) is 10.9. The fourth-order valence-electron chi connectivity index (χ4n) is 1.41. The summed E-state index contributed by atoms with van der Waals surface area (Å²) in [6.07, 6.45) is 1.79. The van der Waals surface area contributed by atoms with Gasteiger partial charge in [0.05, 0.1) is 5.69 Å². The van der Waals surface area contributed by atoms with Gasteiger partial charge in [-0.2, -0.15) is 5.10 Å². The molecular formula is C12H12BrN3O. The van der Waals surface area contributed by atoms with Gasteiger partial charge in [0.1, 0.15) is 0 Å². The van der Waals surface area contributed by atoms with Gasteiger partial charge in [-0.3, -0.25) is 9.48 Å². The van der Waals surface area contributed by atoms with Gasteiger partial charge in [0, 0.05) is 17.2 Å². The third-order valence-electron chi connectivity index (χ3n) is 2.32. The minimum absolute atomic E-state index is 0.205. The minimum Gasteiger partial charge on any atom is -0.320 e. The third kappa shape index (κ3) is 2.74. The highest BCUT2D eigenvalue weighted by atomic mass is 79.9. The van der Waals surface area contributed by atoms with Crippen LogP contribution in [0, 0.1) is 0 Å². The van der Waals surface area contributed by atoms with Crippen molar-refractivity contribution in [3.63, 3.8) is 0 Å². The Morgan fingerprint density at radius 2 is 2.18 bits per heavy atom. The Morgan fingerprint density at radius 1 is 1.41 bits per heavy atom. The molecule has 0 spiro atoms. The van der Waals surface area contributed by atoms with E-state index in [1.54, 1.807) is 16.9 Å². The van der Waals surface area contributed by atoms with Crippen LogP contribution in [-0.4, -0.2) is 15.7 Å². The first-order chi connectivity index (χ1) is 8.20. The lowest BCUT2D eigenvalue weighted by Gasteiger charge is -2.04. The molecule has 0 bridgehead atoms. The number of anilines is 1. The SMILES string of the molecule is CCn1ccc(C(=O)Nc2ccccc2Br)n1. The van der Waals surface area contributed by atoms with Gasteiger partial charge in [0.2, 0.25) is 0 Å². The second-order valence-corrected chi connectivity index (χ2v) is 4.34. The number of rotatable bonds is 3. The van der Waals surface area contributed by atoms with Crippen molar-refractivity contribution in [2.45, 2.75) is 13.5 Å². The Kier molecular flexibility index (Phi) is 3.58. The van der Waals surface area contributed by atoms with Gasteiger partial charge in [-0.05, 0) is 41.1 Å². The van der Waals surface area contributed by atoms with Crippen LogP contribution in [0.25, 0.3) is 0 Å². The maximum absolute atomic E-state index is 11.9. The van der Waals surface area contributed by atoms with Crippen LogP contribution in [0.15, 0.2) is 41.0 Å². The van der Waals surface area contributed by atoms with E-state index in [-0.39, 0.29) is 5.91 Å². The predicted octanol–water partition coefficient (Wildman–Crippen LogP) is 2.92. The molecule has 0 fully saturated rings. The molecule has 2 rings (SSSR count). The number of amides is 1. The van der Waals surface area contributed by atoms with Crippen molar-refractivity contribution in [2.24, 2.45) is 0 Å². The summed E-state index contributed by atoms with van der Waals surface area (Å²) in [6.45, 7) is 2.73. The van der Waals surface area contributed by atoms with E-state index in [9.17, 15) is 4.79 Å². The fraction of sp³-hybridized carbons (Fsp3) is 0.167. The first-order valence-corrected chi connectivity index (χ1v) is 6.09. The highest BCUT2D eigenvalue weighted by molar-refractivity contribution is 9.10. The van der Waals surface area contributed by atoms with Crippen LogP contribution in [0.5, 0.6) is 0 Å². The van der Waals surface area contributed by atoms with Gasteiger partial charge in [0.25, 0.3) is 5.91 Å². The van der Waals surface area contributed by atoms with Crippen molar-refractivity contribution < 1.29 is 4.79 Å². The largest absolute Gasteiger partial charge is 0.320 e. The molecule has 2 aromatic rings. The van der Waals surface area contributed by atoms with E-state index in [0.717, 1.165) is 16.7 Å². The van der Waals surface area contributed by atoms with E-state index in [0.29, 0.717) is 5.69 Å². The lowest BCUT2D eigenvalue weighted by molar-refractivity contribution is 0.102. The fourth-order valence-corrected chi connectivity index (χ4v) is 1.79. The molecule has 0 radical (unpaired) electrons. The maximum Gasteiger partial charge on any atom is 0.276 e. The van der Waals surface area contributed by atoms with Gasteiger partial charge < -0.3 is 5.32 Å². The Morgan fingerprint density at radius 3 is 2.82 bits per heavy atom. The highest BCUT2D eigenvalue weighted by Crippen LogP contribution is 2.21. The van der Waals surface area contributed by atoms with Crippen LogP contribution in [0.1, 0.15) is 17.4 Å². The van der Waals surface area contributed by atoms with Crippen molar-refractivity contribution in [3.05, 3.63) is 46.7 Å². The molecule has 1 N–H and O–H groups in total. The third-order valence-corrected chi connectivity index (χ3v) is 3.01. The van der Waals surface area contributed by atoms with E-state index in [2.05, 4.69) is 26.3 Å². The average Bonchev–Trinajstić information content (AvgIpc) is 2.81. The molecule has 5 heteroatoms. The standard InChI is InChI=1S/C12H12BrN3O/c1-2-16-8-7-11(15-16)12(17)14-10-6-4-3-5-9(10)13/h3-8H,2H2,1H3,(H,14,17). The van der Waals surface area contributed by atoms with Gasteiger partial charge in [-0.1, -0.05) is 12.1 Å². The van der Waals surface area contributed by atoms with Crippen molar-refractivity contribution in [1.82, 2.24) is 9.78 Å². The topological polar surface area (TPSA) is 46.9 Å². The molecule has 1 aromatic heterocycles. The maximum atomic E-state index is 11.9. The van der Waals surface area contributed by atoms with Gasteiger partial charge in [0.15, 0.2) is 5.69 Å². The van der Waals surface area contributed by atoms with Crippen molar-refractivity contribution in [1.29, 1.82) is 0 Å². The van der Waals surface area contributed by atoms with Crippen LogP contribution in [-0.2, 0) is 6.54 Å². The van der Waals surface area contributed by atoms with Gasteiger partial charge >= 0.3 is 0 Å². The monoisotopic (exact) mass is 293 g/mol. The molecular weight excluding hydrogens is 282 g/mol. The second kappa shape index (κ2) is 5.14. The molecule has 4 nitrogen and oxygen atoms in total. The summed E-state index contributed by atoms with van der Waals surface area (Å²) < 4.78 is 2.57. The van der Waals surface area contributed by atoms with Crippen molar-refractivity contribution in [2.75, 3.05) is 5.32 Å². The summed E-state index contributed by atoms with van der Waals surface area (Å²) >= 11 is 3.38. The number of carbonyl (C=O) groups is 1. The number of nitrogens with zero attached hydrogens (tertiary/aromatic N) is 2. The number of halogens is 1. The van der Waals surface area contributed by atoms with Crippen molar-refractivity contribution >= 4 is 27.5 Å². The lowest BCUT2D eigenvalue weighted by Crippen LogP contribution is -2.13. The Labute approximate surface area is 108 Å². The van der Waals surface area contributed by atoms with E-state index in [1.807, 2.05) is 31.2 Å².